The van der Waals surface area contributed by atoms with Crippen molar-refractivity contribution in [2.75, 3.05) is 37.9 Å². The van der Waals surface area contributed by atoms with Gasteiger partial charge in [0.25, 0.3) is 0 Å². The molecule has 0 aliphatic rings. The van der Waals surface area contributed by atoms with Gasteiger partial charge in [0.15, 0.2) is 0 Å². The summed E-state index contributed by atoms with van der Waals surface area (Å²) < 4.78 is 0. The molecule has 6 heteroatoms. The van der Waals surface area contributed by atoms with Crippen LogP contribution in [0.5, 0.6) is 0 Å². The summed E-state index contributed by atoms with van der Waals surface area (Å²) in [7, 11) is 5.49. The van der Waals surface area contributed by atoms with E-state index < -0.39 is 0 Å². The number of aryl methyl sites for hydroxylation is 1. The highest BCUT2D eigenvalue weighted by Gasteiger charge is 2.18. The Labute approximate surface area is 127 Å². The third kappa shape index (κ3) is 4.31. The predicted octanol–water partition coefficient (Wildman–Crippen LogP) is 1.60. The Morgan fingerprint density at radius 1 is 1.33 bits per heavy atom. The number of carbonyl (C=O) groups is 1. The number of amides is 1. The molecule has 0 spiro atoms. The fourth-order valence-corrected chi connectivity index (χ4v) is 2.33. The first-order chi connectivity index (χ1) is 9.94. The van der Waals surface area contributed by atoms with E-state index in [1.165, 1.54) is 0 Å². The molecule has 0 aliphatic heterocycles. The monoisotopic (exact) mass is 293 g/mol. The minimum atomic E-state index is -0.0953. The van der Waals surface area contributed by atoms with Crippen molar-refractivity contribution in [3.63, 3.8) is 0 Å². The molecule has 0 saturated heterocycles. The van der Waals surface area contributed by atoms with E-state index >= 15 is 0 Å². The first-order valence-corrected chi connectivity index (χ1v) is 7.42. The fourth-order valence-electron chi connectivity index (χ4n) is 2.33. The van der Waals surface area contributed by atoms with Crippen LogP contribution >= 0.6 is 0 Å². The third-order valence-electron chi connectivity index (χ3n) is 3.48. The van der Waals surface area contributed by atoms with Crippen molar-refractivity contribution in [3.05, 3.63) is 11.4 Å². The van der Waals surface area contributed by atoms with Gasteiger partial charge in [0.05, 0.1) is 5.92 Å². The average Bonchev–Trinajstić information content (AvgIpc) is 2.47. The van der Waals surface area contributed by atoms with Gasteiger partial charge < -0.3 is 15.5 Å². The normalized spacial score (nSPS) is 11.9. The van der Waals surface area contributed by atoms with Gasteiger partial charge in [0.2, 0.25) is 5.91 Å². The van der Waals surface area contributed by atoms with Crippen LogP contribution in [0.25, 0.3) is 0 Å². The van der Waals surface area contributed by atoms with Crippen LogP contribution in [-0.2, 0) is 11.2 Å². The van der Waals surface area contributed by atoms with Crippen molar-refractivity contribution in [2.45, 2.75) is 33.6 Å². The predicted molar refractivity (Wildman–Crippen MR) is 86.8 cm³/mol. The van der Waals surface area contributed by atoms with Gasteiger partial charge in [-0.2, -0.15) is 0 Å². The van der Waals surface area contributed by atoms with Crippen LogP contribution in [0.2, 0.25) is 0 Å². The minimum absolute atomic E-state index is 0.0381. The molecule has 0 saturated carbocycles. The summed E-state index contributed by atoms with van der Waals surface area (Å²) in [5.74, 6) is 2.51. The van der Waals surface area contributed by atoms with Gasteiger partial charge in [-0.25, -0.2) is 9.97 Å². The Morgan fingerprint density at radius 3 is 2.52 bits per heavy atom. The first-order valence-electron chi connectivity index (χ1n) is 7.42. The average molecular weight is 293 g/mol. The van der Waals surface area contributed by atoms with Gasteiger partial charge in [-0.1, -0.05) is 13.8 Å². The summed E-state index contributed by atoms with van der Waals surface area (Å²) in [5.41, 5.74) is 1.00. The summed E-state index contributed by atoms with van der Waals surface area (Å²) in [6.07, 6.45) is 1.85. The Bertz CT molecular complexity index is 489. The fraction of sp³-hybridized carbons (Fsp3) is 0.667. The lowest BCUT2D eigenvalue weighted by Gasteiger charge is -2.24. The highest BCUT2D eigenvalue weighted by atomic mass is 16.1. The van der Waals surface area contributed by atoms with Crippen molar-refractivity contribution in [1.82, 2.24) is 15.3 Å². The topological polar surface area (TPSA) is 70.2 Å². The number of carbonyl (C=O) groups excluding carboxylic acids is 1. The number of hydrogen-bond donors (Lipinski definition) is 2. The molecule has 0 bridgehead atoms. The Hall–Kier alpha value is -1.85. The van der Waals surface area contributed by atoms with E-state index in [1.807, 2.05) is 32.8 Å². The maximum atomic E-state index is 11.7. The zero-order chi connectivity index (χ0) is 16.0. The van der Waals surface area contributed by atoms with Gasteiger partial charge >= 0.3 is 0 Å². The van der Waals surface area contributed by atoms with Gasteiger partial charge in [-0.05, 0) is 13.3 Å². The molecular formula is C15H27N5O. The molecule has 118 valence electrons. The second-order valence-electron chi connectivity index (χ2n) is 5.33. The largest absolute Gasteiger partial charge is 0.373 e. The van der Waals surface area contributed by atoms with Gasteiger partial charge in [0, 0.05) is 39.7 Å². The zero-order valence-electron chi connectivity index (χ0n) is 13.9. The molecule has 0 aromatic carbocycles. The summed E-state index contributed by atoms with van der Waals surface area (Å²) >= 11 is 0. The van der Waals surface area contributed by atoms with E-state index in [2.05, 4.69) is 27.5 Å². The lowest BCUT2D eigenvalue weighted by Crippen LogP contribution is -2.35. The highest BCUT2D eigenvalue weighted by molar-refractivity contribution is 5.78. The molecule has 1 atom stereocenters. The Kier molecular flexibility index (Phi) is 6.39. The molecule has 1 aromatic rings. The van der Waals surface area contributed by atoms with Crippen molar-refractivity contribution in [3.8, 4) is 0 Å². The summed E-state index contributed by atoms with van der Waals surface area (Å²) in [6.45, 7) is 6.64. The van der Waals surface area contributed by atoms with E-state index in [0.29, 0.717) is 6.54 Å². The van der Waals surface area contributed by atoms with Crippen LogP contribution in [0.4, 0.5) is 11.6 Å². The lowest BCUT2D eigenvalue weighted by atomic mass is 10.1. The number of aromatic nitrogens is 2. The number of nitrogens with one attached hydrogen (secondary N) is 2. The highest BCUT2D eigenvalue weighted by Crippen LogP contribution is 2.23. The van der Waals surface area contributed by atoms with Gasteiger partial charge in [0.1, 0.15) is 17.5 Å². The van der Waals surface area contributed by atoms with Crippen molar-refractivity contribution >= 4 is 17.5 Å². The van der Waals surface area contributed by atoms with Crippen LogP contribution in [0.3, 0.4) is 0 Å². The van der Waals surface area contributed by atoms with E-state index in [4.69, 9.17) is 0 Å². The van der Waals surface area contributed by atoms with Crippen molar-refractivity contribution in [2.24, 2.45) is 5.92 Å². The van der Waals surface area contributed by atoms with Crippen LogP contribution in [0, 0.1) is 12.8 Å². The number of hydrogen-bond acceptors (Lipinski definition) is 5. The molecule has 0 radical (unpaired) electrons. The molecule has 1 unspecified atom stereocenters. The van der Waals surface area contributed by atoms with Crippen LogP contribution in [0.1, 0.15) is 31.7 Å². The quantitative estimate of drug-likeness (QED) is 0.799. The Morgan fingerprint density at radius 2 is 2.00 bits per heavy atom. The smallest absolute Gasteiger partial charge is 0.224 e. The summed E-state index contributed by atoms with van der Waals surface area (Å²) in [5, 5.41) is 5.80. The Balaban J connectivity index is 3.04. The molecule has 1 aromatic heterocycles. The summed E-state index contributed by atoms with van der Waals surface area (Å²) in [6, 6.07) is 0. The van der Waals surface area contributed by atoms with Crippen molar-refractivity contribution < 1.29 is 4.79 Å². The van der Waals surface area contributed by atoms with E-state index in [-0.39, 0.29) is 11.8 Å². The van der Waals surface area contributed by atoms with E-state index in [9.17, 15) is 4.79 Å². The molecule has 1 rings (SSSR count). The number of nitrogens with zero attached hydrogens (tertiary/aromatic N) is 3. The SMILES string of the molecule is CCCc1nc(NC)c(C)c(N(C)CC(C)C(=O)NC)n1. The molecule has 2 N–H and O–H groups in total. The minimum Gasteiger partial charge on any atom is -0.373 e. The van der Waals surface area contributed by atoms with E-state index in [0.717, 1.165) is 35.9 Å². The molecule has 0 aliphatic carbocycles. The van der Waals surface area contributed by atoms with Gasteiger partial charge in [-0.3, -0.25) is 4.79 Å². The zero-order valence-corrected chi connectivity index (χ0v) is 13.9. The van der Waals surface area contributed by atoms with Crippen molar-refractivity contribution in [1.29, 1.82) is 0 Å². The third-order valence-corrected chi connectivity index (χ3v) is 3.48. The van der Waals surface area contributed by atoms with E-state index in [1.54, 1.807) is 7.05 Å². The molecule has 21 heavy (non-hydrogen) atoms. The second-order valence-corrected chi connectivity index (χ2v) is 5.33. The number of anilines is 2. The second kappa shape index (κ2) is 7.81. The van der Waals surface area contributed by atoms with Gasteiger partial charge in [-0.15, -0.1) is 0 Å². The molecule has 1 heterocycles. The lowest BCUT2D eigenvalue weighted by molar-refractivity contribution is -0.123. The van der Waals surface area contributed by atoms with Crippen LogP contribution in [-0.4, -0.2) is 43.6 Å². The molecule has 0 fully saturated rings. The molecule has 1 amide bonds. The summed E-state index contributed by atoms with van der Waals surface area (Å²) in [4.78, 5) is 22.9. The standard InChI is InChI=1S/C15H27N5O/c1-7-8-12-18-13(16-4)11(3)14(19-12)20(6)9-10(2)15(21)17-5/h10H,7-9H2,1-6H3,(H,17,21)(H,16,18,19). The molecular weight excluding hydrogens is 266 g/mol. The maximum Gasteiger partial charge on any atom is 0.224 e. The maximum absolute atomic E-state index is 11.7. The molecule has 6 nitrogen and oxygen atoms in total. The van der Waals surface area contributed by atoms with Crippen LogP contribution < -0.4 is 15.5 Å². The number of rotatable bonds is 7. The van der Waals surface area contributed by atoms with Crippen LogP contribution in [0.15, 0.2) is 0 Å². The first kappa shape index (κ1) is 17.2.